The van der Waals surface area contributed by atoms with E-state index >= 15 is 0 Å². The molecule has 22 heavy (non-hydrogen) atoms. The van der Waals surface area contributed by atoms with Crippen molar-refractivity contribution < 1.29 is 9.59 Å². The molecule has 2 aliphatic rings. The van der Waals surface area contributed by atoms with E-state index in [1.807, 2.05) is 6.07 Å². The van der Waals surface area contributed by atoms with Gasteiger partial charge in [-0.2, -0.15) is 0 Å². The van der Waals surface area contributed by atoms with Gasteiger partial charge in [-0.05, 0) is 43.4 Å². The number of nitrogens with one attached hydrogen (secondary N) is 1. The molecule has 3 rings (SSSR count). The Morgan fingerprint density at radius 2 is 2.18 bits per heavy atom. The largest absolute Gasteiger partial charge is 0.354 e. The Balaban J connectivity index is 1.59. The molecule has 1 saturated carbocycles. The van der Waals surface area contributed by atoms with Crippen LogP contribution in [0.4, 0.5) is 5.69 Å². The van der Waals surface area contributed by atoms with Gasteiger partial charge in [-0.3, -0.25) is 9.59 Å². The maximum absolute atomic E-state index is 12.4. The first-order valence-electron chi connectivity index (χ1n) is 7.66. The van der Waals surface area contributed by atoms with Crippen LogP contribution in [-0.2, 0) is 9.59 Å². The molecule has 1 aromatic rings. The number of halogens is 1. The number of hydrogen-bond acceptors (Lipinski definition) is 3. The van der Waals surface area contributed by atoms with Gasteiger partial charge in [-0.15, -0.1) is 0 Å². The molecule has 5 nitrogen and oxygen atoms in total. The minimum Gasteiger partial charge on any atom is -0.354 e. The van der Waals surface area contributed by atoms with Crippen molar-refractivity contribution in [3.05, 3.63) is 29.3 Å². The van der Waals surface area contributed by atoms with E-state index in [-0.39, 0.29) is 17.9 Å². The quantitative estimate of drug-likeness (QED) is 0.808. The predicted molar refractivity (Wildman–Crippen MR) is 85.6 cm³/mol. The van der Waals surface area contributed by atoms with Crippen LogP contribution in [0, 0.1) is 11.8 Å². The van der Waals surface area contributed by atoms with E-state index in [1.165, 1.54) is 0 Å². The van der Waals surface area contributed by atoms with Crippen molar-refractivity contribution in [2.75, 3.05) is 18.0 Å². The third-order valence-electron chi connectivity index (χ3n) is 4.38. The van der Waals surface area contributed by atoms with Crippen molar-refractivity contribution in [2.45, 2.75) is 25.3 Å². The monoisotopic (exact) mass is 321 g/mol. The van der Waals surface area contributed by atoms with Crippen molar-refractivity contribution in [1.82, 2.24) is 5.32 Å². The summed E-state index contributed by atoms with van der Waals surface area (Å²) in [7, 11) is 0. The van der Waals surface area contributed by atoms with Gasteiger partial charge in [0, 0.05) is 29.8 Å². The first-order valence-corrected chi connectivity index (χ1v) is 8.04. The van der Waals surface area contributed by atoms with Crippen LogP contribution in [0.1, 0.15) is 19.3 Å². The van der Waals surface area contributed by atoms with Crippen LogP contribution in [0.2, 0.25) is 5.02 Å². The van der Waals surface area contributed by atoms with Gasteiger partial charge in [-0.25, -0.2) is 0 Å². The van der Waals surface area contributed by atoms with Crippen molar-refractivity contribution in [3.63, 3.8) is 0 Å². The van der Waals surface area contributed by atoms with Crippen LogP contribution in [-0.4, -0.2) is 30.9 Å². The number of nitrogens with zero attached hydrogens (tertiary/aromatic N) is 1. The van der Waals surface area contributed by atoms with Gasteiger partial charge in [0.15, 0.2) is 0 Å². The third-order valence-corrected chi connectivity index (χ3v) is 4.62. The SMILES string of the molecule is NC(CNC(=O)C1CCN(c2cccc(Cl)c2)C1=O)C1CC1. The highest BCUT2D eigenvalue weighted by Gasteiger charge is 2.38. The standard InChI is InChI=1S/C16H20ClN3O2/c17-11-2-1-3-12(8-11)20-7-6-13(16(20)22)15(21)19-9-14(18)10-4-5-10/h1-3,8,10,13-14H,4-7,9,18H2,(H,19,21). The van der Waals surface area contributed by atoms with Crippen LogP contribution in [0.5, 0.6) is 0 Å². The molecule has 1 aliphatic carbocycles. The zero-order valence-electron chi connectivity index (χ0n) is 12.3. The van der Waals surface area contributed by atoms with Crippen LogP contribution >= 0.6 is 11.6 Å². The van der Waals surface area contributed by atoms with Gasteiger partial charge in [0.25, 0.3) is 0 Å². The minimum absolute atomic E-state index is 0.00416. The summed E-state index contributed by atoms with van der Waals surface area (Å²) in [5.41, 5.74) is 6.71. The molecule has 1 aromatic carbocycles. The first kappa shape index (κ1) is 15.3. The molecule has 1 saturated heterocycles. The summed E-state index contributed by atoms with van der Waals surface area (Å²) in [6, 6.07) is 7.13. The highest BCUT2D eigenvalue weighted by molar-refractivity contribution is 6.31. The highest BCUT2D eigenvalue weighted by atomic mass is 35.5. The molecule has 118 valence electrons. The molecule has 0 spiro atoms. The molecular weight excluding hydrogens is 302 g/mol. The molecule has 2 amide bonds. The number of hydrogen-bond donors (Lipinski definition) is 2. The number of benzene rings is 1. The Hall–Kier alpha value is -1.59. The van der Waals surface area contributed by atoms with Crippen LogP contribution in [0.3, 0.4) is 0 Å². The van der Waals surface area contributed by atoms with Crippen LogP contribution in [0.25, 0.3) is 0 Å². The van der Waals surface area contributed by atoms with E-state index < -0.39 is 5.92 Å². The fourth-order valence-corrected chi connectivity index (χ4v) is 3.04. The second-order valence-electron chi connectivity index (χ2n) is 6.06. The summed E-state index contributed by atoms with van der Waals surface area (Å²) in [5.74, 6) is -0.474. The van der Waals surface area contributed by atoms with Crippen molar-refractivity contribution in [3.8, 4) is 0 Å². The molecule has 1 aliphatic heterocycles. The molecule has 0 bridgehead atoms. The molecule has 2 unspecified atom stereocenters. The second-order valence-corrected chi connectivity index (χ2v) is 6.49. The summed E-state index contributed by atoms with van der Waals surface area (Å²) in [5, 5.41) is 3.40. The molecule has 1 heterocycles. The maximum Gasteiger partial charge on any atom is 0.239 e. The lowest BCUT2D eigenvalue weighted by atomic mass is 10.1. The zero-order chi connectivity index (χ0) is 15.7. The molecule has 0 aromatic heterocycles. The maximum atomic E-state index is 12.4. The first-order chi connectivity index (χ1) is 10.6. The number of nitrogens with two attached hydrogens (primary N) is 1. The summed E-state index contributed by atoms with van der Waals surface area (Å²) >= 11 is 5.96. The van der Waals surface area contributed by atoms with Gasteiger partial charge < -0.3 is 16.0 Å². The highest BCUT2D eigenvalue weighted by Crippen LogP contribution is 2.31. The van der Waals surface area contributed by atoms with E-state index in [9.17, 15) is 9.59 Å². The lowest BCUT2D eigenvalue weighted by Crippen LogP contribution is -2.43. The number of anilines is 1. The average Bonchev–Trinajstić information content (AvgIpc) is 3.27. The van der Waals surface area contributed by atoms with Gasteiger partial charge in [0.1, 0.15) is 5.92 Å². The number of amides is 2. The van der Waals surface area contributed by atoms with E-state index in [1.54, 1.807) is 23.1 Å². The Morgan fingerprint density at radius 1 is 1.41 bits per heavy atom. The Morgan fingerprint density at radius 3 is 2.86 bits per heavy atom. The fourth-order valence-electron chi connectivity index (χ4n) is 2.86. The molecule has 2 fully saturated rings. The number of carbonyl (C=O) groups excluding carboxylic acids is 2. The van der Waals surface area contributed by atoms with Crippen molar-refractivity contribution in [2.24, 2.45) is 17.6 Å². The van der Waals surface area contributed by atoms with E-state index in [0.29, 0.717) is 30.5 Å². The molecule has 0 radical (unpaired) electrons. The summed E-state index contributed by atoms with van der Waals surface area (Å²) in [6.07, 6.45) is 2.81. The predicted octanol–water partition coefficient (Wildman–Crippen LogP) is 1.55. The van der Waals surface area contributed by atoms with Gasteiger partial charge in [-0.1, -0.05) is 17.7 Å². The fraction of sp³-hybridized carbons (Fsp3) is 0.500. The topological polar surface area (TPSA) is 75.4 Å². The third kappa shape index (κ3) is 3.25. The average molecular weight is 322 g/mol. The minimum atomic E-state index is -0.620. The Bertz CT molecular complexity index is 589. The van der Waals surface area contributed by atoms with Gasteiger partial charge >= 0.3 is 0 Å². The number of carbonyl (C=O) groups is 2. The summed E-state index contributed by atoms with van der Waals surface area (Å²) in [6.45, 7) is 0.983. The Labute approximate surface area is 134 Å². The summed E-state index contributed by atoms with van der Waals surface area (Å²) < 4.78 is 0. The van der Waals surface area contributed by atoms with Crippen molar-refractivity contribution in [1.29, 1.82) is 0 Å². The molecule has 6 heteroatoms. The number of rotatable bonds is 5. The van der Waals surface area contributed by atoms with Crippen LogP contribution < -0.4 is 16.0 Å². The second kappa shape index (κ2) is 6.26. The molecule has 3 N–H and O–H groups in total. The smallest absolute Gasteiger partial charge is 0.239 e. The Kier molecular flexibility index (Phi) is 4.36. The van der Waals surface area contributed by atoms with E-state index in [4.69, 9.17) is 17.3 Å². The normalized spacial score (nSPS) is 22.7. The lowest BCUT2D eigenvalue weighted by molar-refractivity contribution is -0.132. The van der Waals surface area contributed by atoms with Gasteiger partial charge in [0.2, 0.25) is 11.8 Å². The molecular formula is C16H20ClN3O2. The van der Waals surface area contributed by atoms with Crippen molar-refractivity contribution >= 4 is 29.1 Å². The van der Waals surface area contributed by atoms with E-state index in [2.05, 4.69) is 5.32 Å². The van der Waals surface area contributed by atoms with E-state index in [0.717, 1.165) is 18.5 Å². The molecule has 2 atom stereocenters. The lowest BCUT2D eigenvalue weighted by Gasteiger charge is -2.17. The van der Waals surface area contributed by atoms with Crippen LogP contribution in [0.15, 0.2) is 24.3 Å². The zero-order valence-corrected chi connectivity index (χ0v) is 13.1. The summed E-state index contributed by atoms with van der Waals surface area (Å²) in [4.78, 5) is 26.3. The van der Waals surface area contributed by atoms with Gasteiger partial charge in [0.05, 0.1) is 0 Å².